The second-order valence-corrected chi connectivity index (χ2v) is 7.28. The van der Waals surface area contributed by atoms with Crippen LogP contribution in [0.25, 0.3) is 0 Å². The number of halogens is 1. The van der Waals surface area contributed by atoms with Gasteiger partial charge in [0.05, 0.1) is 12.7 Å². The lowest BCUT2D eigenvalue weighted by atomic mass is 10.0. The molecule has 2 aromatic carbocycles. The van der Waals surface area contributed by atoms with Crippen molar-refractivity contribution in [1.82, 2.24) is 10.2 Å². The van der Waals surface area contributed by atoms with E-state index >= 15 is 0 Å². The van der Waals surface area contributed by atoms with Crippen molar-refractivity contribution in [3.05, 3.63) is 59.4 Å². The van der Waals surface area contributed by atoms with Crippen LogP contribution in [0.4, 0.5) is 10.1 Å². The first-order valence-corrected chi connectivity index (χ1v) is 9.76. The van der Waals surface area contributed by atoms with Crippen LogP contribution in [0.15, 0.2) is 42.5 Å². The summed E-state index contributed by atoms with van der Waals surface area (Å²) in [6.45, 7) is 2.95. The van der Waals surface area contributed by atoms with Crippen molar-refractivity contribution in [2.75, 3.05) is 32.5 Å². The molecule has 1 saturated heterocycles. The predicted octanol–water partition coefficient (Wildman–Crippen LogP) is 3.24. The van der Waals surface area contributed by atoms with Crippen LogP contribution < -0.4 is 15.8 Å². The van der Waals surface area contributed by atoms with Gasteiger partial charge in [-0.25, -0.2) is 4.39 Å². The number of benzene rings is 2. The first kappa shape index (κ1) is 20.1. The van der Waals surface area contributed by atoms with Crippen LogP contribution in [0, 0.1) is 5.82 Å². The molecular weight excluding hydrogens is 357 g/mol. The number of amides is 1. The number of hydrogen-bond donors (Lipinski definition) is 2. The minimum absolute atomic E-state index is 0.119. The van der Waals surface area contributed by atoms with E-state index in [9.17, 15) is 9.18 Å². The summed E-state index contributed by atoms with van der Waals surface area (Å²) in [7, 11) is 1.54. The summed E-state index contributed by atoms with van der Waals surface area (Å²) in [5.74, 6) is 0.187. The molecule has 1 heterocycles. The number of ether oxygens (including phenoxy) is 1. The molecule has 150 valence electrons. The number of carbonyl (C=O) groups is 1. The van der Waals surface area contributed by atoms with Crippen LogP contribution in [0.3, 0.4) is 0 Å². The van der Waals surface area contributed by atoms with E-state index in [0.29, 0.717) is 17.0 Å². The van der Waals surface area contributed by atoms with E-state index in [1.807, 2.05) is 12.1 Å². The van der Waals surface area contributed by atoms with Gasteiger partial charge in [0, 0.05) is 30.9 Å². The van der Waals surface area contributed by atoms with Gasteiger partial charge in [-0.05, 0) is 62.1 Å². The fourth-order valence-electron chi connectivity index (χ4n) is 3.62. The van der Waals surface area contributed by atoms with Gasteiger partial charge in [-0.15, -0.1) is 0 Å². The second-order valence-electron chi connectivity index (χ2n) is 7.28. The minimum atomic E-state index is -0.190. The molecule has 0 saturated carbocycles. The first-order valence-electron chi connectivity index (χ1n) is 9.76. The lowest BCUT2D eigenvalue weighted by Crippen LogP contribution is -2.45. The smallest absolute Gasteiger partial charge is 0.255 e. The van der Waals surface area contributed by atoms with Crippen molar-refractivity contribution >= 4 is 11.6 Å². The summed E-state index contributed by atoms with van der Waals surface area (Å²) in [6.07, 6.45) is 3.86. The van der Waals surface area contributed by atoms with E-state index in [1.165, 1.54) is 24.8 Å². The molecule has 0 spiro atoms. The Morgan fingerprint density at radius 3 is 2.61 bits per heavy atom. The fraction of sp³-hybridized carbons (Fsp3) is 0.409. The number of hydrogen-bond acceptors (Lipinski definition) is 4. The van der Waals surface area contributed by atoms with Crippen LogP contribution in [0.1, 0.15) is 35.2 Å². The maximum absolute atomic E-state index is 12.9. The Balaban J connectivity index is 1.41. The Hall–Kier alpha value is -2.60. The normalized spacial score (nSPS) is 15.4. The van der Waals surface area contributed by atoms with Crippen molar-refractivity contribution in [2.45, 2.75) is 31.7 Å². The molecule has 1 amide bonds. The summed E-state index contributed by atoms with van der Waals surface area (Å²) in [5.41, 5.74) is 8.00. The van der Waals surface area contributed by atoms with Gasteiger partial charge in [0.25, 0.3) is 5.91 Å². The number of rotatable bonds is 7. The van der Waals surface area contributed by atoms with Gasteiger partial charge in [-0.2, -0.15) is 0 Å². The Bertz CT molecular complexity index is 787. The third kappa shape index (κ3) is 5.45. The lowest BCUT2D eigenvalue weighted by Gasteiger charge is -2.32. The highest BCUT2D eigenvalue weighted by atomic mass is 19.1. The van der Waals surface area contributed by atoms with Crippen molar-refractivity contribution in [3.8, 4) is 5.75 Å². The molecule has 28 heavy (non-hydrogen) atoms. The molecule has 1 aliphatic rings. The van der Waals surface area contributed by atoms with Gasteiger partial charge in [0.2, 0.25) is 0 Å². The molecule has 0 aromatic heterocycles. The quantitative estimate of drug-likeness (QED) is 0.718. The number of methoxy groups -OCH3 is 1. The zero-order valence-electron chi connectivity index (χ0n) is 16.3. The predicted molar refractivity (Wildman–Crippen MR) is 109 cm³/mol. The zero-order chi connectivity index (χ0) is 19.9. The largest absolute Gasteiger partial charge is 0.496 e. The highest BCUT2D eigenvalue weighted by molar-refractivity contribution is 5.97. The van der Waals surface area contributed by atoms with Crippen molar-refractivity contribution in [2.24, 2.45) is 0 Å². The van der Waals surface area contributed by atoms with E-state index in [2.05, 4.69) is 10.2 Å². The number of carbonyl (C=O) groups excluding carboxylic acids is 1. The van der Waals surface area contributed by atoms with Crippen molar-refractivity contribution < 1.29 is 13.9 Å². The van der Waals surface area contributed by atoms with Crippen LogP contribution in [-0.4, -0.2) is 43.6 Å². The van der Waals surface area contributed by atoms with Gasteiger partial charge < -0.3 is 20.7 Å². The number of anilines is 1. The Kier molecular flexibility index (Phi) is 6.87. The summed E-state index contributed by atoms with van der Waals surface area (Å²) < 4.78 is 18.2. The van der Waals surface area contributed by atoms with Crippen LogP contribution in [0.5, 0.6) is 5.75 Å². The van der Waals surface area contributed by atoms with Gasteiger partial charge in [-0.1, -0.05) is 12.1 Å². The van der Waals surface area contributed by atoms with Crippen LogP contribution in [-0.2, 0) is 6.42 Å². The van der Waals surface area contributed by atoms with Crippen molar-refractivity contribution in [3.63, 3.8) is 0 Å². The molecule has 0 aliphatic carbocycles. The molecule has 5 nitrogen and oxygen atoms in total. The molecule has 1 aliphatic heterocycles. The maximum Gasteiger partial charge on any atom is 0.255 e. The first-order chi connectivity index (χ1) is 13.5. The van der Waals surface area contributed by atoms with E-state index in [4.69, 9.17) is 10.5 Å². The number of piperidine rings is 1. The van der Waals surface area contributed by atoms with Gasteiger partial charge in [-0.3, -0.25) is 4.79 Å². The number of likely N-dealkylation sites (tertiary alicyclic amines) is 1. The summed E-state index contributed by atoms with van der Waals surface area (Å²) in [6, 6.07) is 12.0. The van der Waals surface area contributed by atoms with E-state index in [-0.39, 0.29) is 17.8 Å². The fourth-order valence-corrected chi connectivity index (χ4v) is 3.62. The Morgan fingerprint density at radius 1 is 1.21 bits per heavy atom. The molecule has 3 N–H and O–H groups in total. The molecule has 0 bridgehead atoms. The van der Waals surface area contributed by atoms with Crippen LogP contribution in [0.2, 0.25) is 0 Å². The Labute approximate surface area is 165 Å². The number of nitrogens with two attached hydrogens (primary N) is 1. The molecule has 1 fully saturated rings. The number of aryl methyl sites for hydroxylation is 1. The third-order valence-electron chi connectivity index (χ3n) is 5.25. The van der Waals surface area contributed by atoms with Gasteiger partial charge in [0.15, 0.2) is 0 Å². The maximum atomic E-state index is 12.9. The average molecular weight is 385 g/mol. The molecule has 0 unspecified atom stereocenters. The summed E-state index contributed by atoms with van der Waals surface area (Å²) in [4.78, 5) is 15.0. The highest BCUT2D eigenvalue weighted by Crippen LogP contribution is 2.22. The zero-order valence-corrected chi connectivity index (χ0v) is 16.3. The number of nitrogen functional groups attached to an aromatic ring is 1. The van der Waals surface area contributed by atoms with E-state index in [1.54, 1.807) is 18.2 Å². The third-order valence-corrected chi connectivity index (χ3v) is 5.25. The molecule has 0 atom stereocenters. The SMILES string of the molecule is COc1cc(N)ccc1C(=O)NC1CCN(CCCc2ccc(F)cc2)CC1. The topological polar surface area (TPSA) is 67.6 Å². The highest BCUT2D eigenvalue weighted by Gasteiger charge is 2.22. The number of nitrogens with zero attached hydrogens (tertiary/aromatic N) is 1. The molecule has 3 rings (SSSR count). The van der Waals surface area contributed by atoms with E-state index < -0.39 is 0 Å². The standard InChI is InChI=1S/C22H28FN3O2/c1-28-21-15-18(24)8-9-20(21)22(27)25-19-10-13-26(14-11-19)12-2-3-16-4-6-17(23)7-5-16/h4-9,15,19H,2-3,10-14,24H2,1H3,(H,25,27). The average Bonchev–Trinajstić information content (AvgIpc) is 2.70. The molecule has 0 radical (unpaired) electrons. The Morgan fingerprint density at radius 2 is 1.93 bits per heavy atom. The van der Waals surface area contributed by atoms with Gasteiger partial charge >= 0.3 is 0 Å². The summed E-state index contributed by atoms with van der Waals surface area (Å²) >= 11 is 0. The van der Waals surface area contributed by atoms with Gasteiger partial charge in [0.1, 0.15) is 11.6 Å². The molecule has 2 aromatic rings. The number of nitrogens with one attached hydrogen (secondary N) is 1. The monoisotopic (exact) mass is 385 g/mol. The summed E-state index contributed by atoms with van der Waals surface area (Å²) in [5, 5.41) is 3.12. The molecular formula is C22H28FN3O2. The molecule has 6 heteroatoms. The second kappa shape index (κ2) is 9.55. The van der Waals surface area contributed by atoms with Crippen molar-refractivity contribution in [1.29, 1.82) is 0 Å². The lowest BCUT2D eigenvalue weighted by molar-refractivity contribution is 0.0908. The van der Waals surface area contributed by atoms with E-state index in [0.717, 1.165) is 45.3 Å². The minimum Gasteiger partial charge on any atom is -0.496 e. The van der Waals surface area contributed by atoms with Crippen LogP contribution >= 0.6 is 0 Å².